The fourth-order valence-corrected chi connectivity index (χ4v) is 3.35. The Bertz CT molecular complexity index is 1080. The van der Waals surface area contributed by atoms with Crippen LogP contribution in [0.2, 0.25) is 0 Å². The molecule has 0 spiro atoms. The van der Waals surface area contributed by atoms with Crippen molar-refractivity contribution in [2.75, 3.05) is 13.7 Å². The summed E-state index contributed by atoms with van der Waals surface area (Å²) in [5.41, 5.74) is 1.41. The van der Waals surface area contributed by atoms with Crippen LogP contribution >= 0.6 is 0 Å². The predicted octanol–water partition coefficient (Wildman–Crippen LogP) is 3.53. The van der Waals surface area contributed by atoms with Gasteiger partial charge in [-0.15, -0.1) is 0 Å². The Morgan fingerprint density at radius 2 is 2.00 bits per heavy atom. The van der Waals surface area contributed by atoms with Gasteiger partial charge in [-0.05, 0) is 29.8 Å². The summed E-state index contributed by atoms with van der Waals surface area (Å²) in [4.78, 5) is 27.3. The average molecular weight is 347 g/mol. The van der Waals surface area contributed by atoms with Gasteiger partial charge in [-0.25, -0.2) is 0 Å². The van der Waals surface area contributed by atoms with E-state index in [1.54, 1.807) is 37.4 Å². The van der Waals surface area contributed by atoms with E-state index in [1.165, 1.54) is 4.90 Å². The Morgan fingerprint density at radius 1 is 1.19 bits per heavy atom. The highest BCUT2D eigenvalue weighted by Gasteiger charge is 2.40. The van der Waals surface area contributed by atoms with Crippen molar-refractivity contribution in [3.05, 3.63) is 88.3 Å². The van der Waals surface area contributed by atoms with Gasteiger partial charge in [-0.3, -0.25) is 9.59 Å². The van der Waals surface area contributed by atoms with Gasteiger partial charge in [-0.2, -0.15) is 0 Å². The third-order valence-corrected chi connectivity index (χ3v) is 4.55. The van der Waals surface area contributed by atoms with Gasteiger partial charge in [0, 0.05) is 7.05 Å². The fourth-order valence-electron chi connectivity index (χ4n) is 3.35. The van der Waals surface area contributed by atoms with Crippen LogP contribution in [0.5, 0.6) is 5.75 Å². The first-order valence-corrected chi connectivity index (χ1v) is 8.28. The summed E-state index contributed by atoms with van der Waals surface area (Å²) in [6, 6.07) is 13.8. The third kappa shape index (κ3) is 2.40. The SMILES string of the molecule is C=CCOc1cccc([C@H]2c3c(oc4ccccc4c3=O)C(=O)N2C)c1. The summed E-state index contributed by atoms with van der Waals surface area (Å²) in [5, 5.41) is 0.471. The first-order valence-electron chi connectivity index (χ1n) is 8.28. The first-order chi connectivity index (χ1) is 12.6. The minimum absolute atomic E-state index is 0.110. The van der Waals surface area contributed by atoms with Crippen molar-refractivity contribution in [1.82, 2.24) is 4.90 Å². The summed E-state index contributed by atoms with van der Waals surface area (Å²) < 4.78 is 11.4. The molecule has 5 heteroatoms. The van der Waals surface area contributed by atoms with Crippen molar-refractivity contribution in [2.24, 2.45) is 0 Å². The molecular formula is C21H17NO4. The monoisotopic (exact) mass is 347 g/mol. The Hall–Kier alpha value is -3.34. The van der Waals surface area contributed by atoms with Crippen LogP contribution in [0.25, 0.3) is 11.0 Å². The summed E-state index contributed by atoms with van der Waals surface area (Å²) in [6.45, 7) is 4.02. The maximum Gasteiger partial charge on any atom is 0.290 e. The smallest absolute Gasteiger partial charge is 0.290 e. The number of fused-ring (bicyclic) bond motifs is 2. The molecule has 4 rings (SSSR count). The molecule has 1 aromatic heterocycles. The number of amides is 1. The minimum Gasteiger partial charge on any atom is -0.490 e. The van der Waals surface area contributed by atoms with Gasteiger partial charge in [0.05, 0.1) is 17.0 Å². The van der Waals surface area contributed by atoms with E-state index in [4.69, 9.17) is 9.15 Å². The molecule has 26 heavy (non-hydrogen) atoms. The van der Waals surface area contributed by atoms with E-state index in [1.807, 2.05) is 24.3 Å². The Kier molecular flexibility index (Phi) is 3.84. The molecule has 130 valence electrons. The van der Waals surface area contributed by atoms with Crippen molar-refractivity contribution in [1.29, 1.82) is 0 Å². The molecule has 0 bridgehead atoms. The van der Waals surface area contributed by atoms with Crippen molar-refractivity contribution >= 4 is 16.9 Å². The van der Waals surface area contributed by atoms with Crippen molar-refractivity contribution in [3.8, 4) is 5.75 Å². The average Bonchev–Trinajstić information content (AvgIpc) is 2.92. The van der Waals surface area contributed by atoms with Gasteiger partial charge in [0.1, 0.15) is 17.9 Å². The van der Waals surface area contributed by atoms with Crippen LogP contribution in [0, 0.1) is 0 Å². The summed E-state index contributed by atoms with van der Waals surface area (Å²) >= 11 is 0. The van der Waals surface area contributed by atoms with Crippen LogP contribution in [0.15, 0.2) is 70.4 Å². The molecule has 2 heterocycles. The number of hydrogen-bond donors (Lipinski definition) is 0. The quantitative estimate of drug-likeness (QED) is 0.678. The number of benzene rings is 2. The van der Waals surface area contributed by atoms with Gasteiger partial charge in [0.2, 0.25) is 5.76 Å². The zero-order valence-electron chi connectivity index (χ0n) is 14.3. The fraction of sp³-hybridized carbons (Fsp3) is 0.143. The van der Waals surface area contributed by atoms with Gasteiger partial charge >= 0.3 is 0 Å². The summed E-state index contributed by atoms with van der Waals surface area (Å²) in [6.07, 6.45) is 1.66. The molecule has 1 atom stereocenters. The highest BCUT2D eigenvalue weighted by molar-refractivity contribution is 5.98. The van der Waals surface area contributed by atoms with Crippen molar-refractivity contribution in [2.45, 2.75) is 6.04 Å². The van der Waals surface area contributed by atoms with E-state index in [0.717, 1.165) is 5.56 Å². The molecule has 0 aliphatic carbocycles. The minimum atomic E-state index is -0.509. The molecular weight excluding hydrogens is 330 g/mol. The topological polar surface area (TPSA) is 59.8 Å². The molecule has 0 N–H and O–H groups in total. The van der Waals surface area contributed by atoms with Crippen LogP contribution in [0.3, 0.4) is 0 Å². The number of para-hydroxylation sites is 1. The zero-order valence-corrected chi connectivity index (χ0v) is 14.3. The Labute approximate surface area is 150 Å². The largest absolute Gasteiger partial charge is 0.490 e. The standard InChI is InChI=1S/C21H17NO4/c1-3-11-25-14-8-6-7-13(12-14)18-17-19(23)15-9-4-5-10-16(15)26-20(17)21(24)22(18)2/h3-10,12,18H,1,11H2,2H3/t18-/m0/s1. The van der Waals surface area contributed by atoms with Crippen LogP contribution < -0.4 is 10.2 Å². The van der Waals surface area contributed by atoms with Gasteiger partial charge in [0.25, 0.3) is 5.91 Å². The van der Waals surface area contributed by atoms with E-state index in [9.17, 15) is 9.59 Å². The predicted molar refractivity (Wildman–Crippen MR) is 98.6 cm³/mol. The maximum atomic E-state index is 13.1. The van der Waals surface area contributed by atoms with Crippen LogP contribution in [0.4, 0.5) is 0 Å². The maximum absolute atomic E-state index is 13.1. The number of hydrogen-bond acceptors (Lipinski definition) is 4. The highest BCUT2D eigenvalue weighted by atomic mass is 16.5. The molecule has 0 radical (unpaired) electrons. The van der Waals surface area contributed by atoms with Crippen molar-refractivity contribution < 1.29 is 13.9 Å². The highest BCUT2D eigenvalue weighted by Crippen LogP contribution is 2.37. The lowest BCUT2D eigenvalue weighted by Gasteiger charge is -2.20. The number of ether oxygens (including phenoxy) is 1. The summed E-state index contributed by atoms with van der Waals surface area (Å²) in [7, 11) is 1.67. The molecule has 3 aromatic rings. The van der Waals surface area contributed by atoms with Gasteiger partial charge in [0.15, 0.2) is 5.43 Å². The number of carbonyl (C=O) groups is 1. The van der Waals surface area contributed by atoms with Crippen LogP contribution in [-0.4, -0.2) is 24.5 Å². The Morgan fingerprint density at radius 3 is 2.81 bits per heavy atom. The molecule has 0 fully saturated rings. The normalized spacial score (nSPS) is 16.0. The molecule has 5 nitrogen and oxygen atoms in total. The molecule has 0 unspecified atom stereocenters. The lowest BCUT2D eigenvalue weighted by Crippen LogP contribution is -2.25. The van der Waals surface area contributed by atoms with Crippen LogP contribution in [-0.2, 0) is 0 Å². The summed E-state index contributed by atoms with van der Waals surface area (Å²) in [5.74, 6) is 0.464. The van der Waals surface area contributed by atoms with Crippen molar-refractivity contribution in [3.63, 3.8) is 0 Å². The molecule has 1 aliphatic heterocycles. The van der Waals surface area contributed by atoms with Gasteiger partial charge < -0.3 is 14.1 Å². The van der Waals surface area contributed by atoms with E-state index in [0.29, 0.717) is 28.9 Å². The molecule has 1 amide bonds. The third-order valence-electron chi connectivity index (χ3n) is 4.55. The van der Waals surface area contributed by atoms with Crippen LogP contribution in [0.1, 0.15) is 27.7 Å². The number of nitrogens with zero attached hydrogens (tertiary/aromatic N) is 1. The molecule has 0 saturated carbocycles. The Balaban J connectivity index is 1.90. The number of rotatable bonds is 4. The lowest BCUT2D eigenvalue weighted by molar-refractivity contribution is 0.0771. The van der Waals surface area contributed by atoms with E-state index in [2.05, 4.69) is 6.58 Å². The second-order valence-corrected chi connectivity index (χ2v) is 6.16. The molecule has 1 aliphatic rings. The second kappa shape index (κ2) is 6.19. The molecule has 2 aromatic carbocycles. The lowest BCUT2D eigenvalue weighted by atomic mass is 9.98. The zero-order chi connectivity index (χ0) is 18.3. The molecule has 0 saturated heterocycles. The van der Waals surface area contributed by atoms with Gasteiger partial charge in [-0.1, -0.05) is 36.9 Å². The van der Waals surface area contributed by atoms with E-state index < -0.39 is 6.04 Å². The first kappa shape index (κ1) is 16.1. The van der Waals surface area contributed by atoms with E-state index in [-0.39, 0.29) is 17.1 Å². The number of carbonyl (C=O) groups excluding carboxylic acids is 1. The second-order valence-electron chi connectivity index (χ2n) is 6.16. The van der Waals surface area contributed by atoms with E-state index >= 15 is 0 Å².